The Bertz CT molecular complexity index is 3680. The fourth-order valence-corrected chi connectivity index (χ4v) is 14.8. The van der Waals surface area contributed by atoms with Crippen LogP contribution in [0.1, 0.15) is 130 Å². The van der Waals surface area contributed by atoms with Crippen LogP contribution in [0.3, 0.4) is 0 Å². The van der Waals surface area contributed by atoms with Gasteiger partial charge in [0.05, 0.1) is 16.7 Å². The maximum Gasteiger partial charge on any atom is 0.252 e. The van der Waals surface area contributed by atoms with E-state index in [-0.39, 0.29) is 33.9 Å². The van der Waals surface area contributed by atoms with Gasteiger partial charge in [0, 0.05) is 60.3 Å². The van der Waals surface area contributed by atoms with Gasteiger partial charge in [0.15, 0.2) is 0 Å². The second kappa shape index (κ2) is 14.5. The molecule has 1 aliphatic carbocycles. The van der Waals surface area contributed by atoms with Crippen LogP contribution in [-0.2, 0) is 21.7 Å². The third kappa shape index (κ3) is 6.00. The average molecular weight is 932 g/mol. The molecule has 0 radical (unpaired) electrons. The van der Waals surface area contributed by atoms with E-state index in [1.54, 1.807) is 0 Å². The molecule has 70 heavy (non-hydrogen) atoms. The van der Waals surface area contributed by atoms with Crippen LogP contribution in [0.2, 0.25) is 0 Å². The Hall–Kier alpha value is -6.04. The monoisotopic (exact) mass is 932 g/mol. The zero-order chi connectivity index (χ0) is 48.6. The Balaban J connectivity index is 1.15. The molecule has 3 nitrogen and oxygen atoms in total. The van der Waals surface area contributed by atoms with E-state index >= 15 is 0 Å². The van der Waals surface area contributed by atoms with Crippen LogP contribution in [0.4, 0.5) is 28.4 Å². The standard InChI is InChI=1S/C65H66BN3S/c1-39-32-54-58-55(33-39)68-59-47(57-45-22-16-17-23-56(45)70-60(57)68)35-43(63(8,9)10)37-50(59)66(58)49-27-26-44(69-52-29-25-42(62(5,6)7)36-48(52)64(11)30-18-19-31-65(64,69)12)38-53(49)67(54)51-28-24-41(61(2,3)4)34-46(51)40-20-14-13-15-21-40/h13-17,20-29,32-38H,18-19,30-31H2,1-12H3. The molecule has 0 bridgehead atoms. The van der Waals surface area contributed by atoms with Crippen LogP contribution >= 0.6 is 11.3 Å². The summed E-state index contributed by atoms with van der Waals surface area (Å²) in [6, 6.07) is 52.9. The molecular weight excluding hydrogens is 866 g/mol. The van der Waals surface area contributed by atoms with E-state index in [1.165, 1.54) is 140 Å². The Labute approximate surface area is 420 Å². The number of aromatic nitrogens is 1. The maximum absolute atomic E-state index is 2.80. The molecule has 5 heterocycles. The molecule has 1 fully saturated rings. The highest BCUT2D eigenvalue weighted by Gasteiger charge is 2.58. The molecule has 0 amide bonds. The Morgan fingerprint density at radius 3 is 1.97 bits per heavy atom. The number of nitrogens with zero attached hydrogens (tertiary/aromatic N) is 3. The number of hydrogen-bond donors (Lipinski definition) is 0. The molecule has 2 atom stereocenters. The molecule has 3 aliphatic heterocycles. The van der Waals surface area contributed by atoms with E-state index in [1.807, 2.05) is 11.3 Å². The SMILES string of the molecule is Cc1cc2c3c(c1)-n1c4sc5ccccc5c4c4cc(C(C)(C)C)cc(c41)B3c1ccc(N3c4ccc(C(C)(C)C)cc4C4(C)CCCCC34C)cc1N2c1ccc(C(C)(C)C)cc1-c1ccccc1. The maximum atomic E-state index is 2.80. The molecule has 0 spiro atoms. The first-order chi connectivity index (χ1) is 33.3. The Morgan fingerprint density at radius 2 is 1.23 bits per heavy atom. The van der Waals surface area contributed by atoms with Crippen molar-refractivity contribution in [2.24, 2.45) is 0 Å². The Morgan fingerprint density at radius 1 is 0.557 bits per heavy atom. The van der Waals surface area contributed by atoms with E-state index in [0.717, 1.165) is 6.42 Å². The predicted octanol–water partition coefficient (Wildman–Crippen LogP) is 16.2. The lowest BCUT2D eigenvalue weighted by Crippen LogP contribution is -2.60. The average Bonchev–Trinajstić information content (AvgIpc) is 3.92. The predicted molar refractivity (Wildman–Crippen MR) is 305 cm³/mol. The first-order valence-corrected chi connectivity index (χ1v) is 26.8. The fraction of sp³-hybridized carbons (Fsp3) is 0.323. The van der Waals surface area contributed by atoms with Crippen molar-refractivity contribution < 1.29 is 0 Å². The minimum Gasteiger partial charge on any atom is -0.334 e. The summed E-state index contributed by atoms with van der Waals surface area (Å²) in [6.45, 7) is 28.8. The van der Waals surface area contributed by atoms with Gasteiger partial charge in [-0.25, -0.2) is 0 Å². The van der Waals surface area contributed by atoms with Crippen molar-refractivity contribution in [1.29, 1.82) is 0 Å². The van der Waals surface area contributed by atoms with Crippen molar-refractivity contribution in [2.75, 3.05) is 9.80 Å². The van der Waals surface area contributed by atoms with E-state index in [9.17, 15) is 0 Å². The van der Waals surface area contributed by atoms with Crippen LogP contribution in [0.15, 0.2) is 133 Å². The zero-order valence-corrected chi connectivity index (χ0v) is 44.2. The summed E-state index contributed by atoms with van der Waals surface area (Å²) in [7, 11) is 0. The van der Waals surface area contributed by atoms with Gasteiger partial charge in [-0.3, -0.25) is 0 Å². The van der Waals surface area contributed by atoms with E-state index in [0.29, 0.717) is 0 Å². The normalized spacial score (nSPS) is 19.5. The van der Waals surface area contributed by atoms with Crippen molar-refractivity contribution in [1.82, 2.24) is 4.57 Å². The summed E-state index contributed by atoms with van der Waals surface area (Å²) < 4.78 is 4.02. The first-order valence-electron chi connectivity index (χ1n) is 26.0. The van der Waals surface area contributed by atoms with E-state index in [2.05, 4.69) is 231 Å². The van der Waals surface area contributed by atoms with Crippen LogP contribution in [0.5, 0.6) is 0 Å². The lowest BCUT2D eigenvalue weighted by Gasteiger charge is -2.50. The topological polar surface area (TPSA) is 11.4 Å². The van der Waals surface area contributed by atoms with Gasteiger partial charge in [0.25, 0.3) is 6.71 Å². The van der Waals surface area contributed by atoms with Crippen LogP contribution in [0, 0.1) is 6.92 Å². The van der Waals surface area contributed by atoms with Crippen molar-refractivity contribution >= 4 is 94.1 Å². The number of fused-ring (bicyclic) bond motifs is 12. The van der Waals surface area contributed by atoms with Crippen molar-refractivity contribution in [3.63, 3.8) is 0 Å². The highest BCUT2D eigenvalue weighted by molar-refractivity contribution is 7.26. The summed E-state index contributed by atoms with van der Waals surface area (Å²) >= 11 is 1.95. The molecule has 4 aliphatic rings. The third-order valence-electron chi connectivity index (χ3n) is 17.6. The molecule has 2 aromatic heterocycles. The molecule has 1 saturated carbocycles. The zero-order valence-electron chi connectivity index (χ0n) is 43.4. The van der Waals surface area contributed by atoms with Crippen molar-refractivity contribution in [3.05, 3.63) is 161 Å². The van der Waals surface area contributed by atoms with Crippen molar-refractivity contribution in [2.45, 2.75) is 136 Å². The van der Waals surface area contributed by atoms with Crippen molar-refractivity contribution in [3.8, 4) is 16.8 Å². The number of anilines is 5. The highest BCUT2D eigenvalue weighted by atomic mass is 32.1. The minimum atomic E-state index is -0.0869. The second-order valence-electron chi connectivity index (χ2n) is 25.0. The molecular formula is C65H66BN3S. The fourth-order valence-electron chi connectivity index (χ4n) is 13.6. The van der Waals surface area contributed by atoms with Gasteiger partial charge in [0.2, 0.25) is 0 Å². The molecule has 2 unspecified atom stereocenters. The molecule has 350 valence electrons. The quantitative estimate of drug-likeness (QED) is 0.164. The van der Waals surface area contributed by atoms with Gasteiger partial charge >= 0.3 is 0 Å². The Kier molecular flexibility index (Phi) is 9.13. The summed E-state index contributed by atoms with van der Waals surface area (Å²) in [4.78, 5) is 6.83. The van der Waals surface area contributed by atoms with Crippen LogP contribution < -0.4 is 26.2 Å². The number of benzene rings is 7. The molecule has 9 aromatic rings. The number of aryl methyl sites for hydroxylation is 1. The van der Waals surface area contributed by atoms with Gasteiger partial charge in [-0.15, -0.1) is 11.3 Å². The second-order valence-corrected chi connectivity index (χ2v) is 26.1. The molecule has 0 N–H and O–H groups in total. The highest BCUT2D eigenvalue weighted by Crippen LogP contribution is 2.62. The number of thiophene rings is 1. The largest absolute Gasteiger partial charge is 0.334 e. The van der Waals surface area contributed by atoms with E-state index < -0.39 is 0 Å². The molecule has 5 heteroatoms. The van der Waals surface area contributed by atoms with Gasteiger partial charge in [-0.05, 0) is 147 Å². The lowest BCUT2D eigenvalue weighted by atomic mass is 9.33. The van der Waals surface area contributed by atoms with Gasteiger partial charge in [-0.1, -0.05) is 161 Å². The van der Waals surface area contributed by atoms with Crippen LogP contribution in [-0.4, -0.2) is 16.8 Å². The molecule has 7 aromatic carbocycles. The minimum absolute atomic E-state index is 0.0180. The smallest absolute Gasteiger partial charge is 0.252 e. The summed E-state index contributed by atoms with van der Waals surface area (Å²) in [6.07, 6.45) is 4.86. The van der Waals surface area contributed by atoms with Gasteiger partial charge in [0.1, 0.15) is 4.83 Å². The van der Waals surface area contributed by atoms with Crippen LogP contribution in [0.25, 0.3) is 48.0 Å². The third-order valence-corrected chi connectivity index (χ3v) is 18.8. The van der Waals surface area contributed by atoms with E-state index in [4.69, 9.17) is 0 Å². The summed E-state index contributed by atoms with van der Waals surface area (Å²) in [5.41, 5.74) is 22.6. The number of hydrogen-bond acceptors (Lipinski definition) is 3. The van der Waals surface area contributed by atoms with Gasteiger partial charge < -0.3 is 14.4 Å². The molecule has 0 saturated heterocycles. The molecule has 13 rings (SSSR count). The van der Waals surface area contributed by atoms with Gasteiger partial charge in [-0.2, -0.15) is 0 Å². The summed E-state index contributed by atoms with van der Waals surface area (Å²) in [5, 5.41) is 4.12. The lowest BCUT2D eigenvalue weighted by molar-refractivity contribution is 0.195. The first kappa shape index (κ1) is 43.9. The number of rotatable bonds is 3. The summed E-state index contributed by atoms with van der Waals surface area (Å²) in [5.74, 6) is 0.